The van der Waals surface area contributed by atoms with Crippen LogP contribution in [0.5, 0.6) is 5.75 Å². The van der Waals surface area contributed by atoms with E-state index in [-0.39, 0.29) is 23.5 Å². The molecule has 2 aromatic carbocycles. The quantitative estimate of drug-likeness (QED) is 0.486. The maximum atomic E-state index is 12.6. The van der Waals surface area contributed by atoms with Crippen molar-refractivity contribution in [2.45, 2.75) is 27.3 Å². The van der Waals surface area contributed by atoms with Gasteiger partial charge in [-0.2, -0.15) is 5.10 Å². The van der Waals surface area contributed by atoms with Gasteiger partial charge in [0.05, 0.1) is 22.9 Å². The van der Waals surface area contributed by atoms with Crippen LogP contribution >= 0.6 is 0 Å². The molecule has 1 amide bonds. The summed E-state index contributed by atoms with van der Waals surface area (Å²) in [4.78, 5) is 23.3. The van der Waals surface area contributed by atoms with E-state index in [1.807, 2.05) is 48.9 Å². The highest BCUT2D eigenvalue weighted by atomic mass is 16.6. The molecule has 0 unspecified atom stereocenters. The number of hydrogen-bond acceptors (Lipinski definition) is 5. The first-order valence-corrected chi connectivity index (χ1v) is 9.22. The summed E-state index contributed by atoms with van der Waals surface area (Å²) in [6, 6.07) is 13.9. The lowest BCUT2D eigenvalue weighted by Gasteiger charge is -2.09. The van der Waals surface area contributed by atoms with Gasteiger partial charge in [0.2, 0.25) is 0 Å². The molecule has 8 nitrogen and oxygen atoms in total. The Labute approximate surface area is 168 Å². The minimum absolute atomic E-state index is 0.143. The Balaban J connectivity index is 1.79. The number of nitro groups is 1. The summed E-state index contributed by atoms with van der Waals surface area (Å²) < 4.78 is 7.09. The highest BCUT2D eigenvalue weighted by Crippen LogP contribution is 2.28. The minimum atomic E-state index is -0.556. The fourth-order valence-electron chi connectivity index (χ4n) is 3.10. The number of amides is 1. The Morgan fingerprint density at radius 3 is 2.59 bits per heavy atom. The van der Waals surface area contributed by atoms with Crippen LogP contribution in [0, 0.1) is 24.0 Å². The third-order valence-electron chi connectivity index (χ3n) is 4.59. The van der Waals surface area contributed by atoms with Crippen LogP contribution in [0.25, 0.3) is 5.69 Å². The van der Waals surface area contributed by atoms with Gasteiger partial charge in [0.15, 0.2) is 5.75 Å². The van der Waals surface area contributed by atoms with Gasteiger partial charge in [0.25, 0.3) is 5.91 Å². The Hall–Kier alpha value is -3.68. The number of para-hydroxylation sites is 1. The Kier molecular flexibility index (Phi) is 5.92. The number of carbonyl (C=O) groups excluding carboxylic acids is 1. The average molecular weight is 394 g/mol. The van der Waals surface area contributed by atoms with Crippen molar-refractivity contribution in [2.75, 3.05) is 6.61 Å². The van der Waals surface area contributed by atoms with E-state index in [0.29, 0.717) is 6.61 Å². The number of rotatable bonds is 7. The first-order chi connectivity index (χ1) is 13.9. The standard InChI is InChI=1S/C21H22N4O4/c1-4-29-20-11-10-16(12-19(20)25(27)28)21(26)22-13-18-14(2)23-24(15(18)3)17-8-6-5-7-9-17/h5-12H,4,13H2,1-3H3,(H,22,26). The molecule has 29 heavy (non-hydrogen) atoms. The van der Waals surface area contributed by atoms with Crippen LogP contribution in [0.1, 0.15) is 34.2 Å². The Morgan fingerprint density at radius 2 is 1.93 bits per heavy atom. The number of nitro benzene ring substituents is 1. The molecule has 0 saturated heterocycles. The number of aromatic nitrogens is 2. The van der Waals surface area contributed by atoms with Crippen LogP contribution in [-0.2, 0) is 6.54 Å². The molecule has 150 valence electrons. The van der Waals surface area contributed by atoms with Crippen LogP contribution in [-0.4, -0.2) is 27.2 Å². The number of nitrogens with one attached hydrogen (secondary N) is 1. The smallest absolute Gasteiger partial charge is 0.311 e. The van der Waals surface area contributed by atoms with Crippen molar-refractivity contribution in [3.8, 4) is 11.4 Å². The van der Waals surface area contributed by atoms with Gasteiger partial charge in [-0.3, -0.25) is 14.9 Å². The molecule has 1 N–H and O–H groups in total. The first kappa shape index (κ1) is 20.1. The molecule has 0 bridgehead atoms. The highest BCUT2D eigenvalue weighted by Gasteiger charge is 2.19. The average Bonchev–Trinajstić information content (AvgIpc) is 3.00. The third kappa shape index (κ3) is 4.26. The molecule has 0 aliphatic carbocycles. The molecule has 1 aromatic heterocycles. The zero-order chi connectivity index (χ0) is 21.0. The molecule has 0 atom stereocenters. The van der Waals surface area contributed by atoms with E-state index >= 15 is 0 Å². The number of hydrogen-bond donors (Lipinski definition) is 1. The van der Waals surface area contributed by atoms with Crippen LogP contribution in [0.3, 0.4) is 0 Å². The zero-order valence-corrected chi connectivity index (χ0v) is 16.5. The van der Waals surface area contributed by atoms with Crippen LogP contribution < -0.4 is 10.1 Å². The molecular formula is C21H22N4O4. The topological polar surface area (TPSA) is 99.3 Å². The molecule has 3 rings (SSSR count). The van der Waals surface area contributed by atoms with Gasteiger partial charge in [0, 0.05) is 29.4 Å². The number of nitrogens with zero attached hydrogens (tertiary/aromatic N) is 3. The largest absolute Gasteiger partial charge is 0.487 e. The maximum absolute atomic E-state index is 12.6. The number of aryl methyl sites for hydroxylation is 1. The van der Waals surface area contributed by atoms with Crippen molar-refractivity contribution in [1.29, 1.82) is 0 Å². The fraction of sp³-hybridized carbons (Fsp3) is 0.238. The summed E-state index contributed by atoms with van der Waals surface area (Å²) in [6.07, 6.45) is 0. The lowest BCUT2D eigenvalue weighted by molar-refractivity contribution is -0.385. The van der Waals surface area contributed by atoms with E-state index in [2.05, 4.69) is 10.4 Å². The summed E-state index contributed by atoms with van der Waals surface area (Å²) in [7, 11) is 0. The molecule has 3 aromatic rings. The molecule has 0 fully saturated rings. The molecule has 0 aliphatic heterocycles. The van der Waals surface area contributed by atoms with E-state index in [1.165, 1.54) is 18.2 Å². The summed E-state index contributed by atoms with van der Waals surface area (Å²) in [5.74, 6) is -0.257. The predicted octanol–water partition coefficient (Wildman–Crippen LogP) is 3.73. The molecule has 0 saturated carbocycles. The van der Waals surface area contributed by atoms with E-state index in [9.17, 15) is 14.9 Å². The lowest BCUT2D eigenvalue weighted by Crippen LogP contribution is -2.23. The van der Waals surface area contributed by atoms with E-state index in [0.717, 1.165) is 22.6 Å². The zero-order valence-electron chi connectivity index (χ0n) is 16.5. The normalized spacial score (nSPS) is 10.6. The highest BCUT2D eigenvalue weighted by molar-refractivity contribution is 5.95. The summed E-state index contributed by atoms with van der Waals surface area (Å²) in [5.41, 5.74) is 3.54. The summed E-state index contributed by atoms with van der Waals surface area (Å²) in [6.45, 7) is 6.14. The Morgan fingerprint density at radius 1 is 1.21 bits per heavy atom. The summed E-state index contributed by atoms with van der Waals surface area (Å²) in [5, 5.41) is 18.6. The molecule has 1 heterocycles. The second-order valence-corrected chi connectivity index (χ2v) is 6.45. The fourth-order valence-corrected chi connectivity index (χ4v) is 3.10. The van der Waals surface area contributed by atoms with Crippen molar-refractivity contribution in [2.24, 2.45) is 0 Å². The van der Waals surface area contributed by atoms with Crippen LogP contribution in [0.15, 0.2) is 48.5 Å². The molecule has 0 spiro atoms. The monoisotopic (exact) mass is 394 g/mol. The van der Waals surface area contributed by atoms with Gasteiger partial charge in [0.1, 0.15) is 0 Å². The van der Waals surface area contributed by atoms with Gasteiger partial charge >= 0.3 is 5.69 Å². The van der Waals surface area contributed by atoms with Crippen molar-refractivity contribution in [3.05, 3.63) is 81.2 Å². The van der Waals surface area contributed by atoms with E-state index in [1.54, 1.807) is 6.92 Å². The van der Waals surface area contributed by atoms with Crippen LogP contribution in [0.2, 0.25) is 0 Å². The molecule has 0 radical (unpaired) electrons. The molecule has 0 aliphatic rings. The van der Waals surface area contributed by atoms with Gasteiger partial charge in [-0.25, -0.2) is 4.68 Å². The number of carbonyl (C=O) groups is 1. The van der Waals surface area contributed by atoms with Crippen molar-refractivity contribution in [3.63, 3.8) is 0 Å². The van der Waals surface area contributed by atoms with Crippen molar-refractivity contribution >= 4 is 11.6 Å². The van der Waals surface area contributed by atoms with Gasteiger partial charge in [-0.15, -0.1) is 0 Å². The Bertz CT molecular complexity index is 1040. The molecule has 8 heteroatoms. The van der Waals surface area contributed by atoms with E-state index < -0.39 is 10.8 Å². The third-order valence-corrected chi connectivity index (χ3v) is 4.59. The van der Waals surface area contributed by atoms with Crippen LogP contribution in [0.4, 0.5) is 5.69 Å². The second-order valence-electron chi connectivity index (χ2n) is 6.45. The number of ether oxygens (including phenoxy) is 1. The van der Waals surface area contributed by atoms with Gasteiger partial charge < -0.3 is 10.1 Å². The summed E-state index contributed by atoms with van der Waals surface area (Å²) >= 11 is 0. The van der Waals surface area contributed by atoms with Gasteiger partial charge in [-0.1, -0.05) is 18.2 Å². The SMILES string of the molecule is CCOc1ccc(C(=O)NCc2c(C)nn(-c3ccccc3)c2C)cc1[N+](=O)[O-]. The first-order valence-electron chi connectivity index (χ1n) is 9.22. The lowest BCUT2D eigenvalue weighted by atomic mass is 10.1. The maximum Gasteiger partial charge on any atom is 0.311 e. The van der Waals surface area contributed by atoms with Crippen molar-refractivity contribution < 1.29 is 14.5 Å². The van der Waals surface area contributed by atoms with Gasteiger partial charge in [-0.05, 0) is 45.0 Å². The van der Waals surface area contributed by atoms with Crippen molar-refractivity contribution in [1.82, 2.24) is 15.1 Å². The minimum Gasteiger partial charge on any atom is -0.487 e. The number of benzene rings is 2. The second kappa shape index (κ2) is 8.55. The predicted molar refractivity (Wildman–Crippen MR) is 108 cm³/mol. The van der Waals surface area contributed by atoms with E-state index in [4.69, 9.17) is 4.74 Å². The molecular weight excluding hydrogens is 372 g/mol.